The van der Waals surface area contributed by atoms with Crippen LogP contribution < -0.4 is 20.3 Å². The van der Waals surface area contributed by atoms with Crippen molar-refractivity contribution in [3.63, 3.8) is 0 Å². The van der Waals surface area contributed by atoms with Gasteiger partial charge in [-0.15, -0.1) is 0 Å². The average molecular weight is 589 g/mol. The zero-order valence-corrected chi connectivity index (χ0v) is 23.4. The Bertz CT molecular complexity index is 1230. The van der Waals surface area contributed by atoms with Gasteiger partial charge in [-0.2, -0.15) is 13.2 Å². The summed E-state index contributed by atoms with van der Waals surface area (Å²) in [4.78, 5) is 23.8. The third-order valence-electron chi connectivity index (χ3n) is 5.67. The first kappa shape index (κ1) is 32.8. The number of hydrogen-bond acceptors (Lipinski definition) is 7. The number of carbonyl (C=O) groups is 2. The SMILES string of the molecule is COCCNC(=O)c1ccc(N2CCNCC2)c(NS(=O)(=O)c2ccc(CC(C)C)cc2)c1.O=C(O)C(F)(F)F. The van der Waals surface area contributed by atoms with Crippen LogP contribution >= 0.6 is 0 Å². The number of carboxylic acid groups (broad SMARTS) is 1. The predicted octanol–water partition coefficient (Wildman–Crippen LogP) is 3.11. The highest BCUT2D eigenvalue weighted by Crippen LogP contribution is 2.30. The molecular formula is C26H35F3N4O6S. The number of piperazine rings is 1. The van der Waals surface area contributed by atoms with E-state index in [9.17, 15) is 26.4 Å². The maximum Gasteiger partial charge on any atom is 0.490 e. The molecule has 0 unspecified atom stereocenters. The van der Waals surface area contributed by atoms with Gasteiger partial charge >= 0.3 is 12.1 Å². The van der Waals surface area contributed by atoms with Crippen LogP contribution in [0, 0.1) is 5.92 Å². The van der Waals surface area contributed by atoms with Crippen molar-refractivity contribution < 1.29 is 41.0 Å². The van der Waals surface area contributed by atoms with Gasteiger partial charge in [0.15, 0.2) is 0 Å². The zero-order chi connectivity index (χ0) is 29.9. The van der Waals surface area contributed by atoms with Crippen LogP contribution in [0.25, 0.3) is 0 Å². The molecule has 0 aromatic heterocycles. The van der Waals surface area contributed by atoms with Gasteiger partial charge in [-0.25, -0.2) is 13.2 Å². The predicted molar refractivity (Wildman–Crippen MR) is 145 cm³/mol. The summed E-state index contributed by atoms with van der Waals surface area (Å²) in [5.41, 5.74) is 2.63. The highest BCUT2D eigenvalue weighted by Gasteiger charge is 2.38. The lowest BCUT2D eigenvalue weighted by molar-refractivity contribution is -0.192. The number of amides is 1. The molecule has 40 heavy (non-hydrogen) atoms. The molecule has 0 saturated carbocycles. The first-order valence-corrected chi connectivity index (χ1v) is 14.0. The lowest BCUT2D eigenvalue weighted by Crippen LogP contribution is -2.43. The number of methoxy groups -OCH3 is 1. The molecule has 2 aromatic rings. The number of carboxylic acids is 1. The van der Waals surface area contributed by atoms with E-state index in [1.54, 1.807) is 37.4 Å². The van der Waals surface area contributed by atoms with E-state index < -0.39 is 22.2 Å². The third-order valence-corrected chi connectivity index (χ3v) is 7.05. The quantitative estimate of drug-likeness (QED) is 0.311. The van der Waals surface area contributed by atoms with Gasteiger partial charge < -0.3 is 25.4 Å². The second kappa shape index (κ2) is 14.9. The van der Waals surface area contributed by atoms with E-state index in [0.29, 0.717) is 30.3 Å². The number of benzene rings is 2. The lowest BCUT2D eigenvalue weighted by atomic mass is 10.0. The van der Waals surface area contributed by atoms with Crippen molar-refractivity contribution in [3.8, 4) is 0 Å². The molecule has 10 nitrogen and oxygen atoms in total. The van der Waals surface area contributed by atoms with E-state index in [2.05, 4.69) is 34.1 Å². The van der Waals surface area contributed by atoms with Crippen molar-refractivity contribution in [2.24, 2.45) is 5.92 Å². The topological polar surface area (TPSA) is 137 Å². The zero-order valence-electron chi connectivity index (χ0n) is 22.5. The number of carbonyl (C=O) groups excluding carboxylic acids is 1. The summed E-state index contributed by atoms with van der Waals surface area (Å²) >= 11 is 0. The molecule has 0 aliphatic carbocycles. The molecule has 3 rings (SSSR count). The Hall–Kier alpha value is -3.36. The summed E-state index contributed by atoms with van der Waals surface area (Å²) in [6, 6.07) is 12.1. The second-order valence-electron chi connectivity index (χ2n) is 9.37. The minimum atomic E-state index is -5.08. The first-order chi connectivity index (χ1) is 18.7. The van der Waals surface area contributed by atoms with Gasteiger partial charge in [-0.05, 0) is 48.2 Å². The van der Waals surface area contributed by atoms with Gasteiger partial charge in [-0.3, -0.25) is 9.52 Å². The Morgan fingerprint density at radius 2 is 1.70 bits per heavy atom. The Kier molecular flexibility index (Phi) is 12.2. The number of sulfonamides is 1. The Balaban J connectivity index is 0.000000708. The minimum absolute atomic E-state index is 0.191. The normalized spacial score (nSPS) is 13.8. The number of rotatable bonds is 10. The summed E-state index contributed by atoms with van der Waals surface area (Å²) < 4.78 is 65.8. The Morgan fingerprint density at radius 1 is 1.10 bits per heavy atom. The molecule has 0 spiro atoms. The number of nitrogens with zero attached hydrogens (tertiary/aromatic N) is 1. The number of anilines is 2. The van der Waals surface area contributed by atoms with Crippen molar-refractivity contribution in [2.75, 3.05) is 56.1 Å². The number of alkyl halides is 3. The van der Waals surface area contributed by atoms with E-state index in [1.165, 1.54) is 0 Å². The third kappa shape index (κ3) is 10.3. The van der Waals surface area contributed by atoms with Gasteiger partial charge in [0.2, 0.25) is 0 Å². The van der Waals surface area contributed by atoms with E-state index in [4.69, 9.17) is 14.6 Å². The Labute approximate surface area is 231 Å². The van der Waals surface area contributed by atoms with Crippen LogP contribution in [0.1, 0.15) is 29.8 Å². The van der Waals surface area contributed by atoms with E-state index in [1.807, 2.05) is 12.1 Å². The molecule has 1 fully saturated rings. The number of hydrogen-bond donors (Lipinski definition) is 4. The van der Waals surface area contributed by atoms with E-state index in [0.717, 1.165) is 43.9 Å². The monoisotopic (exact) mass is 588 g/mol. The van der Waals surface area contributed by atoms with Crippen LogP contribution in [0.3, 0.4) is 0 Å². The molecule has 0 radical (unpaired) electrons. The molecule has 2 aromatic carbocycles. The van der Waals surface area contributed by atoms with Crippen LogP contribution in [0.15, 0.2) is 47.4 Å². The molecule has 0 bridgehead atoms. The highest BCUT2D eigenvalue weighted by atomic mass is 32.2. The van der Waals surface area contributed by atoms with Crippen molar-refractivity contribution in [1.82, 2.24) is 10.6 Å². The molecule has 14 heteroatoms. The van der Waals surface area contributed by atoms with Gasteiger partial charge in [-0.1, -0.05) is 26.0 Å². The number of ether oxygens (including phenoxy) is 1. The van der Waals surface area contributed by atoms with Crippen molar-refractivity contribution in [3.05, 3.63) is 53.6 Å². The van der Waals surface area contributed by atoms with E-state index >= 15 is 0 Å². The second-order valence-corrected chi connectivity index (χ2v) is 11.1. The van der Waals surface area contributed by atoms with Crippen LogP contribution in [-0.2, 0) is 26.0 Å². The van der Waals surface area contributed by atoms with Gasteiger partial charge in [0.25, 0.3) is 15.9 Å². The summed E-state index contributed by atoms with van der Waals surface area (Å²) in [5, 5.41) is 13.2. The molecule has 1 aliphatic heterocycles. The summed E-state index contributed by atoms with van der Waals surface area (Å²) in [7, 11) is -2.26. The van der Waals surface area contributed by atoms with Crippen molar-refractivity contribution in [1.29, 1.82) is 0 Å². The van der Waals surface area contributed by atoms with Crippen LogP contribution in [-0.4, -0.2) is 78.0 Å². The van der Waals surface area contributed by atoms with Crippen LogP contribution in [0.4, 0.5) is 24.5 Å². The molecular weight excluding hydrogens is 553 g/mol. The number of nitrogens with one attached hydrogen (secondary N) is 3. The number of aliphatic carboxylic acids is 1. The molecule has 4 N–H and O–H groups in total. The summed E-state index contributed by atoms with van der Waals surface area (Å²) in [5.74, 6) is -2.55. The standard InChI is InChI=1S/C24H34N4O4S.C2HF3O2/c1-18(2)16-19-4-7-21(8-5-19)33(30,31)27-22-17-20(24(29)26-12-15-32-3)6-9-23(22)28-13-10-25-11-14-28;3-2(4,5)1(6)7/h4-9,17-18,25,27H,10-16H2,1-3H3,(H,26,29);(H,6,7). The van der Waals surface area contributed by atoms with Gasteiger partial charge in [0.1, 0.15) is 0 Å². The molecule has 222 valence electrons. The summed E-state index contributed by atoms with van der Waals surface area (Å²) in [6.45, 7) is 8.14. The molecule has 1 aliphatic rings. The highest BCUT2D eigenvalue weighted by molar-refractivity contribution is 7.92. The molecule has 1 heterocycles. The average Bonchev–Trinajstić information content (AvgIpc) is 2.89. The van der Waals surface area contributed by atoms with Crippen LogP contribution in [0.2, 0.25) is 0 Å². The largest absolute Gasteiger partial charge is 0.490 e. The molecule has 1 amide bonds. The minimum Gasteiger partial charge on any atom is -0.475 e. The summed E-state index contributed by atoms with van der Waals surface area (Å²) in [6.07, 6.45) is -4.19. The molecule has 1 saturated heterocycles. The smallest absolute Gasteiger partial charge is 0.475 e. The molecule has 0 atom stereocenters. The lowest BCUT2D eigenvalue weighted by Gasteiger charge is -2.31. The van der Waals surface area contributed by atoms with Crippen molar-refractivity contribution >= 4 is 33.3 Å². The fourth-order valence-corrected chi connectivity index (χ4v) is 4.85. The fourth-order valence-electron chi connectivity index (χ4n) is 3.79. The fraction of sp³-hybridized carbons (Fsp3) is 0.462. The van der Waals surface area contributed by atoms with Gasteiger partial charge in [0.05, 0.1) is 22.9 Å². The maximum absolute atomic E-state index is 13.2. The van der Waals surface area contributed by atoms with E-state index in [-0.39, 0.29) is 10.8 Å². The van der Waals surface area contributed by atoms with Crippen LogP contribution in [0.5, 0.6) is 0 Å². The number of halogens is 3. The van der Waals surface area contributed by atoms with Gasteiger partial charge in [0, 0.05) is 45.4 Å². The first-order valence-electron chi connectivity index (χ1n) is 12.5. The van der Waals surface area contributed by atoms with Crippen molar-refractivity contribution in [2.45, 2.75) is 31.3 Å². The Morgan fingerprint density at radius 3 is 2.23 bits per heavy atom. The maximum atomic E-state index is 13.2.